The van der Waals surface area contributed by atoms with E-state index in [0.717, 1.165) is 12.8 Å². The lowest BCUT2D eigenvalue weighted by Crippen LogP contribution is -2.23. The van der Waals surface area contributed by atoms with Crippen LogP contribution in [-0.4, -0.2) is 52.3 Å². The molecule has 0 fully saturated rings. The summed E-state index contributed by atoms with van der Waals surface area (Å²) in [5.74, 6) is -0.267. The summed E-state index contributed by atoms with van der Waals surface area (Å²) in [5, 5.41) is 9.53. The molecule has 2 aromatic rings. The number of methoxy groups -OCH3 is 2. The second-order valence-corrected chi connectivity index (χ2v) is 7.98. The minimum Gasteiger partial charge on any atom is -0.493 e. The summed E-state index contributed by atoms with van der Waals surface area (Å²) in [6, 6.07) is 5.41. The van der Waals surface area contributed by atoms with Gasteiger partial charge < -0.3 is 19.5 Å². The van der Waals surface area contributed by atoms with E-state index >= 15 is 0 Å². The minimum absolute atomic E-state index is 0.0461. The van der Waals surface area contributed by atoms with Crippen LogP contribution in [0, 0.1) is 0 Å². The summed E-state index contributed by atoms with van der Waals surface area (Å²) in [6.07, 6.45) is 3.13. The van der Waals surface area contributed by atoms with Crippen LogP contribution < -0.4 is 19.1 Å². The van der Waals surface area contributed by atoms with Gasteiger partial charge in [0.25, 0.3) is 10.0 Å². The van der Waals surface area contributed by atoms with E-state index in [1.165, 1.54) is 44.7 Å². The number of carboxylic acid groups (broad SMARTS) is 1. The van der Waals surface area contributed by atoms with Crippen LogP contribution in [0.2, 0.25) is 0 Å². The van der Waals surface area contributed by atoms with Crippen molar-refractivity contribution in [2.75, 3.05) is 37.4 Å². The highest BCUT2D eigenvalue weighted by Gasteiger charge is 2.21. The second kappa shape index (κ2) is 9.46. The molecule has 29 heavy (non-hydrogen) atoms. The predicted molar refractivity (Wildman–Crippen MR) is 110 cm³/mol. The molecule has 9 nitrogen and oxygen atoms in total. The number of carbonyl (C=O) groups is 1. The van der Waals surface area contributed by atoms with Crippen LogP contribution in [0.1, 0.15) is 30.1 Å². The standard InChI is InChI=1S/C19H25N3O6S/c1-5-6-9-22(2)18-15(19(23)24)10-13(12-20-18)21-29(25,26)14-7-8-16(27-3)17(11-14)28-4/h7-8,10-12,21H,5-6,9H2,1-4H3,(H,23,24). The number of hydrogen-bond donors (Lipinski definition) is 2. The summed E-state index contributed by atoms with van der Waals surface area (Å²) in [5.41, 5.74) is -0.0408. The van der Waals surface area contributed by atoms with E-state index in [0.29, 0.717) is 12.3 Å². The molecule has 0 aliphatic rings. The number of hydrogen-bond acceptors (Lipinski definition) is 7. The lowest BCUT2D eigenvalue weighted by molar-refractivity contribution is 0.0697. The van der Waals surface area contributed by atoms with E-state index in [9.17, 15) is 18.3 Å². The van der Waals surface area contributed by atoms with Gasteiger partial charge in [-0.1, -0.05) is 13.3 Å². The van der Waals surface area contributed by atoms with Gasteiger partial charge in [-0.3, -0.25) is 4.72 Å². The molecule has 2 N–H and O–H groups in total. The van der Waals surface area contributed by atoms with Gasteiger partial charge in [0.1, 0.15) is 11.4 Å². The Morgan fingerprint density at radius 1 is 1.21 bits per heavy atom. The monoisotopic (exact) mass is 423 g/mol. The molecule has 0 aliphatic carbocycles. The van der Waals surface area contributed by atoms with Gasteiger partial charge in [-0.05, 0) is 24.6 Å². The first kappa shape index (κ1) is 22.3. The van der Waals surface area contributed by atoms with Gasteiger partial charge >= 0.3 is 5.97 Å². The zero-order chi connectivity index (χ0) is 21.6. The number of carboxylic acids is 1. The highest BCUT2D eigenvalue weighted by Crippen LogP contribution is 2.30. The number of benzene rings is 1. The van der Waals surface area contributed by atoms with Crippen LogP contribution in [0.3, 0.4) is 0 Å². The maximum Gasteiger partial charge on any atom is 0.339 e. The molecule has 2 rings (SSSR count). The van der Waals surface area contributed by atoms with Crippen LogP contribution >= 0.6 is 0 Å². The Hall–Kier alpha value is -3.01. The Balaban J connectivity index is 2.35. The van der Waals surface area contributed by atoms with Crippen LogP contribution in [0.5, 0.6) is 11.5 Å². The molecular formula is C19H25N3O6S. The Bertz CT molecular complexity index is 978. The molecule has 1 heterocycles. The zero-order valence-corrected chi connectivity index (χ0v) is 17.6. The lowest BCUT2D eigenvalue weighted by atomic mass is 10.2. The average Bonchev–Trinajstić information content (AvgIpc) is 2.70. The first-order valence-corrected chi connectivity index (χ1v) is 10.4. The Morgan fingerprint density at radius 3 is 2.48 bits per heavy atom. The third-order valence-electron chi connectivity index (χ3n) is 4.22. The fourth-order valence-electron chi connectivity index (χ4n) is 2.67. The molecular weight excluding hydrogens is 398 g/mol. The number of unbranched alkanes of at least 4 members (excludes halogenated alkanes) is 1. The van der Waals surface area contributed by atoms with Crippen molar-refractivity contribution in [2.24, 2.45) is 0 Å². The number of nitrogens with one attached hydrogen (secondary N) is 1. The van der Waals surface area contributed by atoms with Crippen LogP contribution in [0.25, 0.3) is 0 Å². The molecule has 0 unspecified atom stereocenters. The second-order valence-electron chi connectivity index (χ2n) is 6.30. The molecule has 1 aromatic heterocycles. The van der Waals surface area contributed by atoms with Gasteiger partial charge in [0.15, 0.2) is 11.5 Å². The normalized spacial score (nSPS) is 11.0. The van der Waals surface area contributed by atoms with Crippen molar-refractivity contribution >= 4 is 27.5 Å². The molecule has 1 aromatic carbocycles. The predicted octanol–water partition coefficient (Wildman–Crippen LogP) is 2.83. The molecule has 0 saturated heterocycles. The van der Waals surface area contributed by atoms with E-state index in [2.05, 4.69) is 9.71 Å². The highest BCUT2D eigenvalue weighted by atomic mass is 32.2. The number of nitrogens with zero attached hydrogens (tertiary/aromatic N) is 2. The number of aromatic nitrogens is 1. The first-order valence-electron chi connectivity index (χ1n) is 8.92. The van der Waals surface area contributed by atoms with Crippen LogP contribution in [0.4, 0.5) is 11.5 Å². The molecule has 0 amide bonds. The van der Waals surface area contributed by atoms with E-state index in [4.69, 9.17) is 9.47 Å². The van der Waals surface area contributed by atoms with Crippen LogP contribution in [-0.2, 0) is 10.0 Å². The first-order chi connectivity index (χ1) is 13.7. The number of aromatic carboxylic acids is 1. The molecule has 0 saturated carbocycles. The van der Waals surface area contributed by atoms with Gasteiger partial charge in [0, 0.05) is 19.7 Å². The van der Waals surface area contributed by atoms with Gasteiger partial charge in [-0.25, -0.2) is 18.2 Å². The van der Waals surface area contributed by atoms with Crippen molar-refractivity contribution in [3.63, 3.8) is 0 Å². The number of rotatable bonds is 10. The largest absolute Gasteiger partial charge is 0.493 e. The fraction of sp³-hybridized carbons (Fsp3) is 0.368. The highest BCUT2D eigenvalue weighted by molar-refractivity contribution is 7.92. The third-order valence-corrected chi connectivity index (χ3v) is 5.60. The molecule has 0 radical (unpaired) electrons. The van der Waals surface area contributed by atoms with Gasteiger partial charge in [0.2, 0.25) is 0 Å². The molecule has 0 spiro atoms. The molecule has 0 atom stereocenters. The topological polar surface area (TPSA) is 118 Å². The fourth-order valence-corrected chi connectivity index (χ4v) is 3.72. The van der Waals surface area contributed by atoms with E-state index < -0.39 is 16.0 Å². The number of pyridine rings is 1. The van der Waals surface area contributed by atoms with E-state index in [-0.39, 0.29) is 27.7 Å². The van der Waals surface area contributed by atoms with Crippen molar-refractivity contribution in [3.8, 4) is 11.5 Å². The van der Waals surface area contributed by atoms with Crippen molar-refractivity contribution in [3.05, 3.63) is 36.0 Å². The zero-order valence-electron chi connectivity index (χ0n) is 16.8. The Labute approximate surface area is 170 Å². The lowest BCUT2D eigenvalue weighted by Gasteiger charge is -2.20. The van der Waals surface area contributed by atoms with Gasteiger partial charge in [0.05, 0.1) is 31.0 Å². The maximum absolute atomic E-state index is 12.7. The average molecular weight is 423 g/mol. The van der Waals surface area contributed by atoms with Crippen LogP contribution in [0.15, 0.2) is 35.4 Å². The minimum atomic E-state index is -3.99. The molecule has 158 valence electrons. The quantitative estimate of drug-likeness (QED) is 0.599. The third kappa shape index (κ3) is 5.29. The Morgan fingerprint density at radius 2 is 1.90 bits per heavy atom. The maximum atomic E-state index is 12.7. The number of anilines is 2. The summed E-state index contributed by atoms with van der Waals surface area (Å²) in [7, 11) is 0.603. The van der Waals surface area contributed by atoms with E-state index in [1.54, 1.807) is 11.9 Å². The number of sulfonamides is 1. The summed E-state index contributed by atoms with van der Waals surface area (Å²) >= 11 is 0. The SMILES string of the molecule is CCCCN(C)c1ncc(NS(=O)(=O)c2ccc(OC)c(OC)c2)cc1C(=O)O. The molecule has 0 aliphatic heterocycles. The summed E-state index contributed by atoms with van der Waals surface area (Å²) < 4.78 is 38.0. The molecule has 0 bridgehead atoms. The molecule has 10 heteroatoms. The van der Waals surface area contributed by atoms with Crippen molar-refractivity contribution in [1.29, 1.82) is 0 Å². The van der Waals surface area contributed by atoms with E-state index in [1.807, 2.05) is 6.92 Å². The van der Waals surface area contributed by atoms with Crippen molar-refractivity contribution in [2.45, 2.75) is 24.7 Å². The number of ether oxygens (including phenoxy) is 2. The van der Waals surface area contributed by atoms with Gasteiger partial charge in [-0.2, -0.15) is 0 Å². The van der Waals surface area contributed by atoms with Gasteiger partial charge in [-0.15, -0.1) is 0 Å². The summed E-state index contributed by atoms with van der Waals surface area (Å²) in [6.45, 7) is 2.67. The Kier molecular flexibility index (Phi) is 7.27. The summed E-state index contributed by atoms with van der Waals surface area (Å²) in [4.78, 5) is 17.5. The van der Waals surface area contributed by atoms with Crippen molar-refractivity contribution < 1.29 is 27.8 Å². The van der Waals surface area contributed by atoms with Crippen molar-refractivity contribution in [1.82, 2.24) is 4.98 Å². The smallest absolute Gasteiger partial charge is 0.339 e.